The highest BCUT2D eigenvalue weighted by Gasteiger charge is 2.50. The molecule has 4 heteroatoms. The summed E-state index contributed by atoms with van der Waals surface area (Å²) in [6.45, 7) is 6.49. The van der Waals surface area contributed by atoms with Gasteiger partial charge in [-0.15, -0.1) is 0 Å². The average Bonchev–Trinajstić information content (AvgIpc) is 2.62. The highest BCUT2D eigenvalue weighted by atomic mass is 16.4. The van der Waals surface area contributed by atoms with Crippen LogP contribution in [0, 0.1) is 41.4 Å². The molecule has 0 amide bonds. The number of carbonyl (C=O) groups is 1. The maximum atomic E-state index is 10.7. The summed E-state index contributed by atoms with van der Waals surface area (Å²) in [4.78, 5) is 10.7. The summed E-state index contributed by atoms with van der Waals surface area (Å²) in [6, 6.07) is 0. The van der Waals surface area contributed by atoms with Crippen molar-refractivity contribution in [1.82, 2.24) is 0 Å². The van der Waals surface area contributed by atoms with E-state index < -0.39 is 18.2 Å². The van der Waals surface area contributed by atoms with Crippen LogP contribution in [-0.4, -0.2) is 33.5 Å². The first-order chi connectivity index (χ1) is 12.8. The Kier molecular flexibility index (Phi) is 8.38. The molecule has 0 aromatic heterocycles. The Balaban J connectivity index is 1.96. The Morgan fingerprint density at radius 1 is 1.37 bits per heavy atom. The van der Waals surface area contributed by atoms with Gasteiger partial charge in [0.15, 0.2) is 0 Å². The maximum Gasteiger partial charge on any atom is 0.303 e. The zero-order valence-corrected chi connectivity index (χ0v) is 17.0. The molecule has 0 aromatic rings. The van der Waals surface area contributed by atoms with Crippen LogP contribution in [0.3, 0.4) is 0 Å². The molecule has 27 heavy (non-hydrogen) atoms. The fraction of sp³-hybridized carbons (Fsp3) is 0.783. The van der Waals surface area contributed by atoms with Gasteiger partial charge in [-0.2, -0.15) is 0 Å². The topological polar surface area (TPSA) is 77.8 Å². The number of aliphatic hydroxyl groups excluding tert-OH is 2. The summed E-state index contributed by atoms with van der Waals surface area (Å²) in [5.74, 6) is 6.91. The fourth-order valence-electron chi connectivity index (χ4n) is 4.91. The predicted molar refractivity (Wildman–Crippen MR) is 107 cm³/mol. The smallest absolute Gasteiger partial charge is 0.303 e. The third-order valence-electron chi connectivity index (χ3n) is 6.43. The third kappa shape index (κ3) is 5.83. The Morgan fingerprint density at radius 2 is 2.11 bits per heavy atom. The molecule has 2 aliphatic carbocycles. The summed E-state index contributed by atoms with van der Waals surface area (Å²) in [5, 5.41) is 29.6. The van der Waals surface area contributed by atoms with E-state index in [0.29, 0.717) is 36.5 Å². The van der Waals surface area contributed by atoms with Gasteiger partial charge in [0, 0.05) is 6.42 Å². The number of allylic oxidation sites excluding steroid dienone is 2. The molecule has 3 N–H and O–H groups in total. The van der Waals surface area contributed by atoms with Gasteiger partial charge in [0.25, 0.3) is 0 Å². The minimum Gasteiger partial charge on any atom is -0.481 e. The Hall–Kier alpha value is -1.31. The third-order valence-corrected chi connectivity index (χ3v) is 6.43. The first-order valence-electron chi connectivity index (χ1n) is 10.6. The zero-order chi connectivity index (χ0) is 20.0. The lowest BCUT2D eigenvalue weighted by Gasteiger charge is -2.53. The molecule has 2 saturated carbocycles. The van der Waals surface area contributed by atoms with Crippen LogP contribution in [0.25, 0.3) is 0 Å². The Morgan fingerprint density at radius 3 is 2.78 bits per heavy atom. The number of fused-ring (bicyclic) bond motifs is 1. The minimum atomic E-state index is -0.764. The zero-order valence-electron chi connectivity index (χ0n) is 17.0. The van der Waals surface area contributed by atoms with Gasteiger partial charge >= 0.3 is 5.97 Å². The van der Waals surface area contributed by atoms with Crippen molar-refractivity contribution in [3.8, 4) is 11.8 Å². The SMILES string of the molecule is CCCC[C@@H](C)CC(O)C#C[C@H]1[C@@H]2C(C)/C(=C/CCC(=O)O)[C@@H]2CC[C@@H]1O. The standard InChI is InChI=1S/C23H36O4/c1-4-5-7-15(2)14-17(24)10-11-20-21(25)13-12-19-18(16(3)23(19)20)8-6-9-22(26)27/h8,15-17,19-21,23-25H,4-7,9,12-14H2,1-3H3,(H,26,27)/b18-8-/t15-,16?,17?,19+,20-,21+,23-/m1/s1. The van der Waals surface area contributed by atoms with Crippen molar-refractivity contribution in [1.29, 1.82) is 0 Å². The van der Waals surface area contributed by atoms with E-state index in [0.717, 1.165) is 19.3 Å². The van der Waals surface area contributed by atoms with Crippen molar-refractivity contribution in [3.63, 3.8) is 0 Å². The van der Waals surface area contributed by atoms with Crippen LogP contribution in [0.1, 0.15) is 72.1 Å². The predicted octanol–water partition coefficient (Wildman–Crippen LogP) is 4.01. The van der Waals surface area contributed by atoms with Gasteiger partial charge in [0.2, 0.25) is 0 Å². The van der Waals surface area contributed by atoms with Crippen molar-refractivity contribution in [2.45, 2.75) is 84.3 Å². The summed E-state index contributed by atoms with van der Waals surface area (Å²) >= 11 is 0. The van der Waals surface area contributed by atoms with Crippen molar-refractivity contribution >= 4 is 5.97 Å². The number of hydrogen-bond donors (Lipinski definition) is 3. The van der Waals surface area contributed by atoms with E-state index in [1.165, 1.54) is 18.4 Å². The number of rotatable bonds is 8. The highest BCUT2D eigenvalue weighted by molar-refractivity contribution is 5.66. The lowest BCUT2D eigenvalue weighted by molar-refractivity contribution is -0.136. The van der Waals surface area contributed by atoms with Gasteiger partial charge in [-0.3, -0.25) is 4.79 Å². The second kappa shape index (κ2) is 10.3. The summed E-state index contributed by atoms with van der Waals surface area (Å²) < 4.78 is 0. The van der Waals surface area contributed by atoms with Crippen LogP contribution < -0.4 is 0 Å². The lowest BCUT2D eigenvalue weighted by atomic mass is 9.51. The number of carboxylic acid groups (broad SMARTS) is 1. The average molecular weight is 377 g/mol. The van der Waals surface area contributed by atoms with E-state index in [9.17, 15) is 15.0 Å². The first kappa shape index (κ1) is 22.0. The van der Waals surface area contributed by atoms with Gasteiger partial charge in [-0.1, -0.05) is 63.5 Å². The quantitative estimate of drug-likeness (QED) is 0.442. The molecule has 0 saturated heterocycles. The molecule has 0 heterocycles. The number of aliphatic carboxylic acids is 1. The van der Waals surface area contributed by atoms with Crippen molar-refractivity contribution in [2.75, 3.05) is 0 Å². The molecule has 0 aliphatic heterocycles. The van der Waals surface area contributed by atoms with E-state index >= 15 is 0 Å². The molecule has 2 unspecified atom stereocenters. The molecule has 2 fully saturated rings. The molecule has 2 aliphatic rings. The molecule has 0 aromatic carbocycles. The summed E-state index contributed by atoms with van der Waals surface area (Å²) in [6.07, 6.45) is 7.63. The molecule has 0 radical (unpaired) electrons. The normalized spacial score (nSPS) is 33.4. The van der Waals surface area contributed by atoms with Gasteiger partial charge in [-0.25, -0.2) is 0 Å². The summed E-state index contributed by atoms with van der Waals surface area (Å²) in [5.41, 5.74) is 1.34. The van der Waals surface area contributed by atoms with E-state index in [1.54, 1.807) is 0 Å². The van der Waals surface area contributed by atoms with E-state index in [4.69, 9.17) is 5.11 Å². The molecule has 4 nitrogen and oxygen atoms in total. The molecular formula is C23H36O4. The lowest BCUT2D eigenvalue weighted by Crippen LogP contribution is -2.50. The van der Waals surface area contributed by atoms with E-state index in [1.807, 2.05) is 0 Å². The number of aliphatic hydroxyl groups is 2. The summed E-state index contributed by atoms with van der Waals surface area (Å²) in [7, 11) is 0. The second-order valence-electron chi connectivity index (χ2n) is 8.57. The molecule has 7 atom stereocenters. The molecule has 0 spiro atoms. The van der Waals surface area contributed by atoms with Crippen molar-refractivity contribution in [3.05, 3.63) is 11.6 Å². The van der Waals surface area contributed by atoms with Crippen LogP contribution in [0.15, 0.2) is 11.6 Å². The van der Waals surface area contributed by atoms with Crippen LogP contribution in [0.2, 0.25) is 0 Å². The van der Waals surface area contributed by atoms with Gasteiger partial charge in [-0.05, 0) is 49.4 Å². The second-order valence-corrected chi connectivity index (χ2v) is 8.57. The van der Waals surface area contributed by atoms with Crippen LogP contribution in [-0.2, 0) is 4.79 Å². The van der Waals surface area contributed by atoms with Gasteiger partial charge in [0.1, 0.15) is 6.10 Å². The van der Waals surface area contributed by atoms with Crippen LogP contribution in [0.4, 0.5) is 0 Å². The first-order valence-corrected chi connectivity index (χ1v) is 10.6. The highest BCUT2D eigenvalue weighted by Crippen LogP contribution is 2.55. The number of hydrogen-bond acceptors (Lipinski definition) is 3. The number of carboxylic acids is 1. The van der Waals surface area contributed by atoms with E-state index in [2.05, 4.69) is 38.7 Å². The Bertz CT molecular complexity index is 585. The minimum absolute atomic E-state index is 0.0871. The van der Waals surface area contributed by atoms with Gasteiger partial charge in [0.05, 0.1) is 12.0 Å². The van der Waals surface area contributed by atoms with Gasteiger partial charge < -0.3 is 15.3 Å². The van der Waals surface area contributed by atoms with Crippen molar-refractivity contribution in [2.24, 2.45) is 29.6 Å². The fourth-order valence-corrected chi connectivity index (χ4v) is 4.91. The van der Waals surface area contributed by atoms with Crippen molar-refractivity contribution < 1.29 is 20.1 Å². The van der Waals surface area contributed by atoms with Crippen LogP contribution in [0.5, 0.6) is 0 Å². The number of unbranched alkanes of at least 4 members (excludes halogenated alkanes) is 1. The Labute approximate surface area is 164 Å². The molecular weight excluding hydrogens is 340 g/mol. The molecule has 152 valence electrons. The maximum absolute atomic E-state index is 10.7. The molecule has 0 bridgehead atoms. The van der Waals surface area contributed by atoms with Crippen LogP contribution >= 0.6 is 0 Å². The monoisotopic (exact) mass is 376 g/mol. The molecule has 2 rings (SSSR count). The largest absolute Gasteiger partial charge is 0.481 e. The van der Waals surface area contributed by atoms with E-state index in [-0.39, 0.29) is 12.3 Å².